The molecule has 2 heterocycles. The van der Waals surface area contributed by atoms with Gasteiger partial charge in [0.15, 0.2) is 22.9 Å². The standard InChI is InChI=1S/C24H49O10Si2.C7H7.Y/c1-23(2,3)35(7,8)31-12-15-18(27)19(28)20(29)22(33-15)34-21-16(30-11-14(25)17(21)26)13-32-36(9,10)24(4,5)6;1-7-5-3-2-4-6-7;/h11,14-22,25-29H,12-13H2,1-10H3;2-6H,1H2;/q2*-1;. The zero-order valence-electron chi connectivity index (χ0n) is 28.1. The van der Waals surface area contributed by atoms with Crippen LogP contribution in [0.1, 0.15) is 47.1 Å². The molecule has 0 aliphatic carbocycles. The van der Waals surface area contributed by atoms with E-state index in [4.69, 9.17) is 23.1 Å². The summed E-state index contributed by atoms with van der Waals surface area (Å²) in [5, 5.41) is 52.4. The minimum Gasteiger partial charge on any atom is -0.544 e. The maximum absolute atomic E-state index is 10.7. The van der Waals surface area contributed by atoms with E-state index in [2.05, 4.69) is 74.7 Å². The maximum atomic E-state index is 10.7. The van der Waals surface area contributed by atoms with Gasteiger partial charge in [0, 0.05) is 32.7 Å². The van der Waals surface area contributed by atoms with Gasteiger partial charge in [-0.2, -0.15) is 31.2 Å². The maximum Gasteiger partial charge on any atom is 0.192 e. The summed E-state index contributed by atoms with van der Waals surface area (Å²) < 4.78 is 29.8. The summed E-state index contributed by atoms with van der Waals surface area (Å²) in [6.07, 6.45) is -11.5. The molecule has 0 saturated carbocycles. The van der Waals surface area contributed by atoms with Gasteiger partial charge in [0.1, 0.15) is 30.5 Å². The molecule has 0 amide bonds. The van der Waals surface area contributed by atoms with Gasteiger partial charge in [-0.1, -0.05) is 47.6 Å². The number of ether oxygens (including phenoxy) is 3. The molecule has 0 spiro atoms. The summed E-state index contributed by atoms with van der Waals surface area (Å²) in [6.45, 7) is 25.8. The molecule has 2 aliphatic heterocycles. The number of hydrogen-bond acceptors (Lipinski definition) is 10. The predicted octanol–water partition coefficient (Wildman–Crippen LogP) is 3.37. The van der Waals surface area contributed by atoms with Crippen LogP contribution in [0, 0.1) is 13.5 Å². The van der Waals surface area contributed by atoms with Crippen molar-refractivity contribution in [3.05, 3.63) is 49.4 Å². The average molecular weight is 734 g/mol. The van der Waals surface area contributed by atoms with E-state index in [0.717, 1.165) is 12.2 Å². The van der Waals surface area contributed by atoms with Crippen molar-refractivity contribution >= 4 is 16.6 Å². The Balaban J connectivity index is 0.00000106. The van der Waals surface area contributed by atoms with E-state index in [1.54, 1.807) is 0 Å². The fourth-order valence-electron chi connectivity index (χ4n) is 3.87. The molecule has 2 fully saturated rings. The smallest absolute Gasteiger partial charge is 0.192 e. The number of hydrogen-bond donors (Lipinski definition) is 5. The van der Waals surface area contributed by atoms with Crippen LogP contribution in [0.25, 0.3) is 0 Å². The van der Waals surface area contributed by atoms with Gasteiger partial charge >= 0.3 is 0 Å². The summed E-state index contributed by atoms with van der Waals surface area (Å²) in [7, 11) is -4.34. The van der Waals surface area contributed by atoms with Crippen LogP contribution < -0.4 is 0 Å². The Bertz CT molecular complexity index is 972. The number of benzene rings is 1. The van der Waals surface area contributed by atoms with Crippen molar-refractivity contribution in [1.29, 1.82) is 0 Å². The number of rotatable bonds is 8. The van der Waals surface area contributed by atoms with E-state index in [1.165, 1.54) is 0 Å². The van der Waals surface area contributed by atoms with Crippen molar-refractivity contribution in [3.8, 4) is 0 Å². The van der Waals surface area contributed by atoms with Crippen LogP contribution in [0.15, 0.2) is 30.3 Å². The Morgan fingerprint density at radius 3 is 1.66 bits per heavy atom. The Kier molecular flexibility index (Phi) is 16.4. The molecule has 0 bridgehead atoms. The largest absolute Gasteiger partial charge is 0.544 e. The van der Waals surface area contributed by atoms with Gasteiger partial charge in [-0.05, 0) is 42.4 Å². The first-order valence-corrected chi connectivity index (χ1v) is 20.8. The Morgan fingerprint density at radius 1 is 0.750 bits per heavy atom. The quantitative estimate of drug-likeness (QED) is 0.199. The zero-order valence-corrected chi connectivity index (χ0v) is 33.0. The fourth-order valence-corrected chi connectivity index (χ4v) is 5.90. The van der Waals surface area contributed by atoms with Gasteiger partial charge in [-0.3, -0.25) is 0 Å². The summed E-state index contributed by atoms with van der Waals surface area (Å²) >= 11 is 0. The number of aliphatic hydroxyl groups is 5. The molecule has 10 nitrogen and oxygen atoms in total. The average Bonchev–Trinajstić information content (AvgIpc) is 2.89. The first-order chi connectivity index (χ1) is 19.6. The summed E-state index contributed by atoms with van der Waals surface area (Å²) in [4.78, 5) is 0. The van der Waals surface area contributed by atoms with Crippen LogP contribution in [-0.4, -0.2) is 111 Å². The summed E-state index contributed by atoms with van der Waals surface area (Å²) in [5.74, 6) is 0. The van der Waals surface area contributed by atoms with Gasteiger partial charge in [-0.25, -0.2) is 0 Å². The van der Waals surface area contributed by atoms with E-state index in [0.29, 0.717) is 0 Å². The number of aliphatic hydroxyl groups excluding tert-OH is 5. The third kappa shape index (κ3) is 11.4. The molecule has 1 aromatic carbocycles. The second-order valence-electron chi connectivity index (χ2n) is 14.5. The Morgan fingerprint density at radius 2 is 1.23 bits per heavy atom. The van der Waals surface area contributed by atoms with Gasteiger partial charge in [-0.15, -0.1) is 12.1 Å². The normalized spacial score (nSPS) is 31.8. The van der Waals surface area contributed by atoms with Crippen LogP contribution >= 0.6 is 0 Å². The molecular weight excluding hydrogens is 677 g/mol. The van der Waals surface area contributed by atoms with Crippen molar-refractivity contribution in [3.63, 3.8) is 0 Å². The van der Waals surface area contributed by atoms with E-state index in [9.17, 15) is 25.5 Å². The summed E-state index contributed by atoms with van der Waals surface area (Å²) in [5.41, 5.74) is 1.07. The molecule has 253 valence electrons. The molecule has 5 N–H and O–H groups in total. The monoisotopic (exact) mass is 733 g/mol. The molecule has 44 heavy (non-hydrogen) atoms. The fraction of sp³-hybridized carbons (Fsp3) is 0.742. The molecule has 1 radical (unpaired) electrons. The first kappa shape index (κ1) is 42.3. The second-order valence-corrected chi connectivity index (χ2v) is 24.2. The molecule has 9 atom stereocenters. The topological polar surface area (TPSA) is 147 Å². The van der Waals surface area contributed by atoms with Crippen LogP contribution in [0.5, 0.6) is 0 Å². The third-order valence-electron chi connectivity index (χ3n) is 9.08. The molecule has 3 rings (SSSR count). The second kappa shape index (κ2) is 17.1. The van der Waals surface area contributed by atoms with Crippen molar-refractivity contribution in [2.24, 2.45) is 0 Å². The molecule has 2 saturated heterocycles. The zero-order chi connectivity index (χ0) is 33.0. The third-order valence-corrected chi connectivity index (χ3v) is 18.1. The van der Waals surface area contributed by atoms with Gasteiger partial charge in [0.05, 0.1) is 25.4 Å². The summed E-state index contributed by atoms with van der Waals surface area (Å²) in [6, 6.07) is 9.87. The van der Waals surface area contributed by atoms with Gasteiger partial charge in [0.2, 0.25) is 0 Å². The minimum absolute atomic E-state index is 0. The SMILES string of the molecule is CC(C)(C)[Si](C)(C)OCC1OC(OC2C(CO[Si](C)(C)C(C)(C)C)O[CH-]C(O)C2O)C(O)C(O)C1O.[CH2-]c1ccccc1.[Y]. The van der Waals surface area contributed by atoms with Crippen LogP contribution in [0.2, 0.25) is 36.3 Å². The van der Waals surface area contributed by atoms with Gasteiger partial charge in [0.25, 0.3) is 0 Å². The van der Waals surface area contributed by atoms with E-state index in [1.807, 2.05) is 30.3 Å². The van der Waals surface area contributed by atoms with E-state index in [-0.39, 0.29) is 56.0 Å². The first-order valence-electron chi connectivity index (χ1n) is 14.9. The molecule has 1 aromatic rings. The molecule has 0 aromatic heterocycles. The Hall–Kier alpha value is 0.228. The van der Waals surface area contributed by atoms with Crippen molar-refractivity contribution in [2.45, 2.75) is 133 Å². The molecule has 9 unspecified atom stereocenters. The Labute approximate surface area is 291 Å². The van der Waals surface area contributed by atoms with Crippen LogP contribution in [0.4, 0.5) is 0 Å². The molecule has 2 aliphatic rings. The van der Waals surface area contributed by atoms with Crippen molar-refractivity contribution in [2.75, 3.05) is 13.2 Å². The van der Waals surface area contributed by atoms with Gasteiger partial charge < -0.3 is 48.6 Å². The predicted molar refractivity (Wildman–Crippen MR) is 170 cm³/mol. The van der Waals surface area contributed by atoms with Crippen LogP contribution in [0.3, 0.4) is 0 Å². The molecular formula is C31H56O10Si2Y-2. The molecule has 13 heteroatoms. The van der Waals surface area contributed by atoms with E-state index >= 15 is 0 Å². The minimum atomic E-state index is -2.18. The van der Waals surface area contributed by atoms with Crippen LogP contribution in [-0.2, 0) is 55.8 Å². The van der Waals surface area contributed by atoms with Crippen molar-refractivity contribution in [1.82, 2.24) is 0 Å². The van der Waals surface area contributed by atoms with E-state index < -0.39 is 71.8 Å². The van der Waals surface area contributed by atoms with Crippen molar-refractivity contribution < 1.29 is 81.3 Å².